The Labute approximate surface area is 292 Å². The van der Waals surface area contributed by atoms with Crippen molar-refractivity contribution >= 4 is 19.7 Å². The van der Waals surface area contributed by atoms with Crippen LogP contribution in [0.2, 0.25) is 0 Å². The molecule has 0 aliphatic rings. The fraction of sp³-hybridized carbons (Fsp3) is 0.100. The maximum absolute atomic E-state index is 13.2. The maximum Gasteiger partial charge on any atom is 0.206 e. The molecule has 0 spiro atoms. The van der Waals surface area contributed by atoms with Crippen molar-refractivity contribution in [2.45, 2.75) is 32.8 Å². The molecule has 0 heterocycles. The number of rotatable bonds is 15. The summed E-state index contributed by atoms with van der Waals surface area (Å²) in [6.07, 6.45) is 0. The molecule has 0 N–H and O–H groups in total. The van der Waals surface area contributed by atoms with Gasteiger partial charge in [0.25, 0.3) is 0 Å². The minimum absolute atomic E-state index is 0.140. The van der Waals surface area contributed by atoms with Crippen molar-refractivity contribution in [3.63, 3.8) is 0 Å². The van der Waals surface area contributed by atoms with Crippen LogP contribution in [0.4, 0.5) is 0 Å². The van der Waals surface area contributed by atoms with E-state index in [4.69, 9.17) is 18.9 Å². The number of benzene rings is 6. The average Bonchev–Trinajstić information content (AvgIpc) is 3.16. The van der Waals surface area contributed by atoms with Gasteiger partial charge in [-0.2, -0.15) is 0 Å². The Balaban J connectivity index is 0.958. The molecule has 8 nitrogen and oxygen atoms in total. The molecule has 0 amide bonds. The average molecular weight is 707 g/mol. The highest BCUT2D eigenvalue weighted by Crippen LogP contribution is 2.27. The van der Waals surface area contributed by atoms with Gasteiger partial charge in [-0.25, -0.2) is 16.8 Å². The fourth-order valence-corrected chi connectivity index (χ4v) is 7.45. The van der Waals surface area contributed by atoms with Gasteiger partial charge in [0.1, 0.15) is 49.4 Å². The minimum atomic E-state index is -3.73. The van der Waals surface area contributed by atoms with E-state index in [1.54, 1.807) is 48.5 Å². The highest BCUT2D eigenvalue weighted by atomic mass is 32.2. The SMILES string of the molecule is O=S(=O)(c1ccc(OCCOc2ccc(S(=O)(=O)c3ccc(OCc4ccccc4)cc3)cc2)cc1)c1ccc(OCc2ccccc2)cc1. The topological polar surface area (TPSA) is 105 Å². The third-order valence-corrected chi connectivity index (χ3v) is 11.2. The van der Waals surface area contributed by atoms with Gasteiger partial charge in [0.05, 0.1) is 19.6 Å². The summed E-state index contributed by atoms with van der Waals surface area (Å²) in [5.74, 6) is 2.11. The summed E-state index contributed by atoms with van der Waals surface area (Å²) in [7, 11) is -7.46. The van der Waals surface area contributed by atoms with Gasteiger partial charge >= 0.3 is 0 Å². The second-order valence-corrected chi connectivity index (χ2v) is 15.0. The van der Waals surface area contributed by atoms with Crippen LogP contribution in [0.15, 0.2) is 177 Å². The van der Waals surface area contributed by atoms with Crippen LogP contribution in [-0.2, 0) is 32.9 Å². The van der Waals surface area contributed by atoms with E-state index in [-0.39, 0.29) is 32.8 Å². The van der Waals surface area contributed by atoms with Gasteiger partial charge in [0, 0.05) is 0 Å². The van der Waals surface area contributed by atoms with Crippen LogP contribution in [0.25, 0.3) is 0 Å². The molecule has 0 aliphatic heterocycles. The van der Waals surface area contributed by atoms with Gasteiger partial charge in [-0.15, -0.1) is 0 Å². The molecule has 10 heteroatoms. The van der Waals surface area contributed by atoms with Crippen molar-refractivity contribution in [1.29, 1.82) is 0 Å². The van der Waals surface area contributed by atoms with Crippen LogP contribution in [0.3, 0.4) is 0 Å². The van der Waals surface area contributed by atoms with Gasteiger partial charge in [0.2, 0.25) is 19.7 Å². The van der Waals surface area contributed by atoms with E-state index >= 15 is 0 Å². The van der Waals surface area contributed by atoms with Crippen LogP contribution in [-0.4, -0.2) is 30.0 Å². The second kappa shape index (κ2) is 15.8. The lowest BCUT2D eigenvalue weighted by atomic mass is 10.2. The Morgan fingerprint density at radius 2 is 0.580 bits per heavy atom. The first-order valence-corrected chi connectivity index (χ1v) is 18.7. The first-order chi connectivity index (χ1) is 24.3. The highest BCUT2D eigenvalue weighted by Gasteiger charge is 2.19. The predicted molar refractivity (Wildman–Crippen MR) is 189 cm³/mol. The monoisotopic (exact) mass is 706 g/mol. The van der Waals surface area contributed by atoms with Crippen molar-refractivity contribution in [2.75, 3.05) is 13.2 Å². The van der Waals surface area contributed by atoms with Crippen LogP contribution < -0.4 is 18.9 Å². The molecule has 0 unspecified atom stereocenters. The first-order valence-electron chi connectivity index (χ1n) is 15.8. The number of sulfone groups is 2. The molecular weight excluding hydrogens is 673 g/mol. The Hall–Kier alpha value is -5.58. The summed E-state index contributed by atoms with van der Waals surface area (Å²) in [6, 6.07) is 44.5. The summed E-state index contributed by atoms with van der Waals surface area (Å²) in [4.78, 5) is 0.600. The molecule has 0 radical (unpaired) electrons. The normalized spacial score (nSPS) is 11.4. The zero-order valence-corrected chi connectivity index (χ0v) is 28.6. The van der Waals surface area contributed by atoms with Crippen molar-refractivity contribution in [1.82, 2.24) is 0 Å². The third-order valence-electron chi connectivity index (χ3n) is 7.65. The van der Waals surface area contributed by atoms with Gasteiger partial charge < -0.3 is 18.9 Å². The molecule has 0 saturated heterocycles. The lowest BCUT2D eigenvalue weighted by Crippen LogP contribution is -2.09. The smallest absolute Gasteiger partial charge is 0.206 e. The Morgan fingerprint density at radius 3 is 0.860 bits per heavy atom. The number of hydrogen-bond donors (Lipinski definition) is 0. The van der Waals surface area contributed by atoms with E-state index in [1.165, 1.54) is 48.5 Å². The highest BCUT2D eigenvalue weighted by molar-refractivity contribution is 7.91. The summed E-state index contributed by atoms with van der Waals surface area (Å²) in [5, 5.41) is 0. The molecule has 254 valence electrons. The van der Waals surface area contributed by atoms with Crippen molar-refractivity contribution in [3.8, 4) is 23.0 Å². The molecule has 6 aromatic carbocycles. The molecule has 6 aromatic rings. The van der Waals surface area contributed by atoms with E-state index in [2.05, 4.69) is 0 Å². The van der Waals surface area contributed by atoms with Crippen LogP contribution in [0, 0.1) is 0 Å². The maximum atomic E-state index is 13.2. The largest absolute Gasteiger partial charge is 0.490 e. The first kappa shape index (κ1) is 34.3. The van der Waals surface area contributed by atoms with Crippen molar-refractivity contribution < 1.29 is 35.8 Å². The van der Waals surface area contributed by atoms with Gasteiger partial charge in [-0.05, 0) is 108 Å². The number of ether oxygens (including phenoxy) is 4. The molecule has 0 saturated carbocycles. The summed E-state index contributed by atoms with van der Waals surface area (Å²) in [6.45, 7) is 1.16. The lowest BCUT2D eigenvalue weighted by molar-refractivity contribution is 0.217. The Morgan fingerprint density at radius 1 is 0.320 bits per heavy atom. The minimum Gasteiger partial charge on any atom is -0.490 e. The van der Waals surface area contributed by atoms with E-state index in [0.29, 0.717) is 36.2 Å². The third kappa shape index (κ3) is 8.71. The fourth-order valence-electron chi connectivity index (χ4n) is 4.93. The summed E-state index contributed by atoms with van der Waals surface area (Å²) < 4.78 is 75.6. The number of hydrogen-bond acceptors (Lipinski definition) is 8. The van der Waals surface area contributed by atoms with Crippen molar-refractivity contribution in [2.24, 2.45) is 0 Å². The van der Waals surface area contributed by atoms with Crippen LogP contribution in [0.1, 0.15) is 11.1 Å². The van der Waals surface area contributed by atoms with E-state index in [0.717, 1.165) is 11.1 Å². The molecular formula is C40H34O8S2. The molecule has 0 fully saturated rings. The van der Waals surface area contributed by atoms with Crippen LogP contribution in [0.5, 0.6) is 23.0 Å². The molecule has 50 heavy (non-hydrogen) atoms. The predicted octanol–water partition coefficient (Wildman–Crippen LogP) is 7.97. The van der Waals surface area contributed by atoms with Crippen molar-refractivity contribution in [3.05, 3.63) is 169 Å². The molecule has 0 aliphatic carbocycles. The Kier molecular flexibility index (Phi) is 10.8. The zero-order chi connectivity index (χ0) is 34.8. The van der Waals surface area contributed by atoms with Gasteiger partial charge in [-0.1, -0.05) is 60.7 Å². The second-order valence-electron chi connectivity index (χ2n) is 11.1. The van der Waals surface area contributed by atoms with Crippen LogP contribution >= 0.6 is 0 Å². The molecule has 0 atom stereocenters. The molecule has 6 rings (SSSR count). The quantitative estimate of drug-likeness (QED) is 0.0991. The van der Waals surface area contributed by atoms with E-state index < -0.39 is 19.7 Å². The standard InChI is InChI=1S/C40H34O8S2/c41-49(42,39-23-15-35(16-24-39)47-29-31-7-3-1-4-8-31)37-19-11-33(12-20-37)45-27-28-46-34-13-21-38(22-14-34)50(43,44)40-25-17-36(18-26-40)48-30-32-9-5-2-6-10-32/h1-26H,27-30H2. The molecule has 0 bridgehead atoms. The summed E-state index contributed by atoms with van der Waals surface area (Å²) in [5.41, 5.74) is 2.04. The lowest BCUT2D eigenvalue weighted by Gasteiger charge is -2.11. The summed E-state index contributed by atoms with van der Waals surface area (Å²) >= 11 is 0. The van der Waals surface area contributed by atoms with E-state index in [9.17, 15) is 16.8 Å². The van der Waals surface area contributed by atoms with Gasteiger partial charge in [-0.3, -0.25) is 0 Å². The van der Waals surface area contributed by atoms with E-state index in [1.807, 2.05) is 60.7 Å². The van der Waals surface area contributed by atoms with Gasteiger partial charge in [0.15, 0.2) is 0 Å². The molecule has 0 aromatic heterocycles. The Bertz CT molecular complexity index is 2030. The zero-order valence-electron chi connectivity index (χ0n) is 26.9.